The summed E-state index contributed by atoms with van der Waals surface area (Å²) in [7, 11) is 0. The maximum atomic E-state index is 13.0. The van der Waals surface area contributed by atoms with E-state index < -0.39 is 47.2 Å². The van der Waals surface area contributed by atoms with E-state index in [1.807, 2.05) is 0 Å². The van der Waals surface area contributed by atoms with Crippen molar-refractivity contribution in [2.75, 3.05) is 6.54 Å². The van der Waals surface area contributed by atoms with Gasteiger partial charge in [0.25, 0.3) is 5.91 Å². The molecule has 0 radical (unpaired) electrons. The summed E-state index contributed by atoms with van der Waals surface area (Å²) in [6, 6.07) is 5.36. The number of nitrogens with one attached hydrogen (secondary N) is 2. The molecule has 2 N–H and O–H groups in total. The minimum atomic E-state index is -4.61. The van der Waals surface area contributed by atoms with E-state index in [4.69, 9.17) is 0 Å². The van der Waals surface area contributed by atoms with Crippen LogP contribution in [0, 0.1) is 11.3 Å². The minimum Gasteiger partial charge on any atom is -0.336 e. The number of hydrogen-bond donors (Lipinski definition) is 2. The zero-order chi connectivity index (χ0) is 22.2. The van der Waals surface area contributed by atoms with Crippen LogP contribution in [0.25, 0.3) is 0 Å². The molecule has 1 saturated heterocycles. The molecule has 30 heavy (non-hydrogen) atoms. The van der Waals surface area contributed by atoms with Crippen LogP contribution < -0.4 is 10.6 Å². The van der Waals surface area contributed by atoms with Crippen LogP contribution in [0.1, 0.15) is 50.2 Å². The minimum absolute atomic E-state index is 0.0423. The summed E-state index contributed by atoms with van der Waals surface area (Å²) in [6.45, 7) is 0.668. The van der Waals surface area contributed by atoms with E-state index in [1.165, 1.54) is 13.0 Å². The normalized spacial score (nSPS) is 23.6. The SMILES string of the molecule is C[C@@]1(c2cccc(C(F)(F)F)c2)NC(=O)N(CC(=O)NC2(C#N)CCCCC2)C1=O. The number of urea groups is 1. The van der Waals surface area contributed by atoms with E-state index in [9.17, 15) is 32.8 Å². The molecule has 0 aromatic heterocycles. The van der Waals surface area contributed by atoms with Gasteiger partial charge in [-0.05, 0) is 37.5 Å². The second-order valence-corrected chi connectivity index (χ2v) is 7.83. The molecule has 1 aliphatic carbocycles. The smallest absolute Gasteiger partial charge is 0.336 e. The Morgan fingerprint density at radius 2 is 1.93 bits per heavy atom. The molecule has 3 rings (SSSR count). The van der Waals surface area contributed by atoms with Crippen molar-refractivity contribution < 1.29 is 27.6 Å². The first-order valence-electron chi connectivity index (χ1n) is 9.55. The molecular weight excluding hydrogens is 401 g/mol. The summed E-state index contributed by atoms with van der Waals surface area (Å²) in [5.74, 6) is -1.51. The summed E-state index contributed by atoms with van der Waals surface area (Å²) in [6.07, 6.45) is -1.12. The fourth-order valence-electron chi connectivity index (χ4n) is 3.91. The van der Waals surface area contributed by atoms with Gasteiger partial charge in [-0.2, -0.15) is 18.4 Å². The average Bonchev–Trinajstić information content (AvgIpc) is 2.92. The largest absolute Gasteiger partial charge is 0.416 e. The fourth-order valence-corrected chi connectivity index (χ4v) is 3.91. The number of carbonyl (C=O) groups is 3. The Morgan fingerprint density at radius 3 is 2.53 bits per heavy atom. The van der Waals surface area contributed by atoms with Gasteiger partial charge in [-0.15, -0.1) is 0 Å². The highest BCUT2D eigenvalue weighted by Gasteiger charge is 2.50. The van der Waals surface area contributed by atoms with Crippen LogP contribution in [0.5, 0.6) is 0 Å². The molecule has 10 heteroatoms. The first kappa shape index (κ1) is 21.6. The highest BCUT2D eigenvalue weighted by molar-refractivity contribution is 6.09. The summed E-state index contributed by atoms with van der Waals surface area (Å²) < 4.78 is 39.1. The van der Waals surface area contributed by atoms with Gasteiger partial charge in [-0.3, -0.25) is 14.5 Å². The van der Waals surface area contributed by atoms with Crippen molar-refractivity contribution in [1.29, 1.82) is 5.26 Å². The summed E-state index contributed by atoms with van der Waals surface area (Å²) >= 11 is 0. The number of amides is 4. The highest BCUT2D eigenvalue weighted by Crippen LogP contribution is 2.34. The number of hydrogen-bond acceptors (Lipinski definition) is 4. The Balaban J connectivity index is 1.78. The van der Waals surface area contributed by atoms with Gasteiger partial charge in [-0.25, -0.2) is 4.79 Å². The molecule has 7 nitrogen and oxygen atoms in total. The first-order valence-corrected chi connectivity index (χ1v) is 9.55. The lowest BCUT2D eigenvalue weighted by Gasteiger charge is -2.32. The predicted molar refractivity (Wildman–Crippen MR) is 98.6 cm³/mol. The predicted octanol–water partition coefficient (Wildman–Crippen LogP) is 2.82. The van der Waals surface area contributed by atoms with Crippen molar-refractivity contribution in [3.8, 4) is 6.07 Å². The lowest BCUT2D eigenvalue weighted by molar-refractivity contribution is -0.138. The Hall–Kier alpha value is -3.09. The number of halogens is 3. The summed E-state index contributed by atoms with van der Waals surface area (Å²) in [4.78, 5) is 38.4. The Kier molecular flexibility index (Phi) is 5.50. The van der Waals surface area contributed by atoms with E-state index in [-0.39, 0.29) is 5.56 Å². The number of nitrogens with zero attached hydrogens (tertiary/aromatic N) is 2. The van der Waals surface area contributed by atoms with Crippen LogP contribution in [-0.4, -0.2) is 34.8 Å². The molecule has 1 aliphatic heterocycles. The third-order valence-corrected chi connectivity index (χ3v) is 5.64. The lowest BCUT2D eigenvalue weighted by Crippen LogP contribution is -2.52. The number of carbonyl (C=O) groups excluding carboxylic acids is 3. The van der Waals surface area contributed by atoms with Crippen molar-refractivity contribution in [3.05, 3.63) is 35.4 Å². The molecule has 0 bridgehead atoms. The third kappa shape index (κ3) is 3.97. The van der Waals surface area contributed by atoms with Gasteiger partial charge in [0, 0.05) is 0 Å². The van der Waals surface area contributed by atoms with Crippen LogP contribution in [0.2, 0.25) is 0 Å². The van der Waals surface area contributed by atoms with E-state index in [0.717, 1.165) is 37.5 Å². The molecular formula is C20H21F3N4O3. The van der Waals surface area contributed by atoms with Crippen LogP contribution >= 0.6 is 0 Å². The summed E-state index contributed by atoms with van der Waals surface area (Å²) in [5, 5.41) is 14.5. The maximum Gasteiger partial charge on any atom is 0.416 e. The van der Waals surface area contributed by atoms with Gasteiger partial charge < -0.3 is 10.6 Å². The molecule has 0 unspecified atom stereocenters. The number of benzene rings is 1. The van der Waals surface area contributed by atoms with Crippen LogP contribution in [0.15, 0.2) is 24.3 Å². The Bertz CT molecular complexity index is 919. The maximum absolute atomic E-state index is 13.0. The first-order chi connectivity index (χ1) is 14.0. The van der Waals surface area contributed by atoms with Crippen LogP contribution in [0.3, 0.4) is 0 Å². The van der Waals surface area contributed by atoms with E-state index in [1.54, 1.807) is 0 Å². The van der Waals surface area contributed by atoms with E-state index in [0.29, 0.717) is 17.7 Å². The molecule has 2 aliphatic rings. The van der Waals surface area contributed by atoms with Gasteiger partial charge in [-0.1, -0.05) is 31.4 Å². The molecule has 2 fully saturated rings. The van der Waals surface area contributed by atoms with Gasteiger partial charge in [0.1, 0.15) is 17.6 Å². The van der Waals surface area contributed by atoms with Gasteiger partial charge in [0.2, 0.25) is 5.91 Å². The van der Waals surface area contributed by atoms with Crippen molar-refractivity contribution in [2.24, 2.45) is 0 Å². The molecule has 160 valence electrons. The summed E-state index contributed by atoms with van der Waals surface area (Å²) in [5.41, 5.74) is -3.76. The van der Waals surface area contributed by atoms with E-state index in [2.05, 4.69) is 16.7 Å². The highest BCUT2D eigenvalue weighted by atomic mass is 19.4. The Labute approximate surface area is 171 Å². The van der Waals surface area contributed by atoms with Gasteiger partial charge >= 0.3 is 12.2 Å². The molecule has 4 amide bonds. The number of imide groups is 1. The number of nitriles is 1. The van der Waals surface area contributed by atoms with Gasteiger partial charge in [0.15, 0.2) is 0 Å². The van der Waals surface area contributed by atoms with Crippen LogP contribution in [0.4, 0.5) is 18.0 Å². The second kappa shape index (κ2) is 7.63. The molecule has 1 aromatic carbocycles. The number of rotatable bonds is 4. The average molecular weight is 422 g/mol. The molecule has 1 aromatic rings. The van der Waals surface area contributed by atoms with Gasteiger partial charge in [0.05, 0.1) is 11.6 Å². The zero-order valence-electron chi connectivity index (χ0n) is 16.3. The zero-order valence-corrected chi connectivity index (χ0v) is 16.3. The molecule has 0 spiro atoms. The lowest BCUT2D eigenvalue weighted by atomic mass is 9.83. The second-order valence-electron chi connectivity index (χ2n) is 7.83. The standard InChI is InChI=1S/C20H21F3N4O3/c1-18(13-6-5-7-14(10-13)20(21,22)23)16(29)27(17(30)26-18)11-15(28)25-19(12-24)8-3-2-4-9-19/h5-7,10H,2-4,8-9,11H2,1H3,(H,25,28)(H,26,30)/t18-/m0/s1. The third-order valence-electron chi connectivity index (χ3n) is 5.64. The molecule has 1 atom stereocenters. The van der Waals surface area contributed by atoms with Crippen molar-refractivity contribution in [1.82, 2.24) is 15.5 Å². The Morgan fingerprint density at radius 1 is 1.27 bits per heavy atom. The quantitative estimate of drug-likeness (QED) is 0.729. The molecule has 1 heterocycles. The number of alkyl halides is 3. The van der Waals surface area contributed by atoms with Crippen molar-refractivity contribution in [3.63, 3.8) is 0 Å². The van der Waals surface area contributed by atoms with Crippen molar-refractivity contribution in [2.45, 2.75) is 56.3 Å². The topological polar surface area (TPSA) is 102 Å². The fraction of sp³-hybridized carbons (Fsp3) is 0.500. The monoisotopic (exact) mass is 422 g/mol. The van der Waals surface area contributed by atoms with E-state index >= 15 is 0 Å². The molecule has 1 saturated carbocycles. The van der Waals surface area contributed by atoms with Crippen molar-refractivity contribution >= 4 is 17.8 Å². The van der Waals surface area contributed by atoms with Crippen LogP contribution in [-0.2, 0) is 21.3 Å².